The molecule has 0 fully saturated rings. The van der Waals surface area contributed by atoms with Gasteiger partial charge in [-0.25, -0.2) is 4.79 Å². The number of carbonyl (C=O) groups is 3. The zero-order valence-electron chi connectivity index (χ0n) is 64.6. The first-order chi connectivity index (χ1) is 46.6. The molecule has 2 atom stereocenters. The second-order valence-electron chi connectivity index (χ2n) is 30.5. The van der Waals surface area contributed by atoms with Gasteiger partial charge < -0.3 is 28.5 Å². The minimum absolute atomic E-state index is 0.173. The number of carbonyl (C=O) groups excluding carboxylic acids is 2. The molecule has 9 nitrogen and oxygen atoms in total. The van der Waals surface area contributed by atoms with E-state index in [1.165, 1.54) is 379 Å². The van der Waals surface area contributed by atoms with Gasteiger partial charge in [0.2, 0.25) is 0 Å². The average molecular weight is 1340 g/mol. The van der Waals surface area contributed by atoms with Crippen LogP contribution in [0.4, 0.5) is 0 Å². The molecule has 562 valence electrons. The molecule has 0 aromatic carbocycles. The Labute approximate surface area is 592 Å². The molecule has 1 N–H and O–H groups in total. The highest BCUT2D eigenvalue weighted by Crippen LogP contribution is 2.21. The molecule has 0 heterocycles. The number of quaternary nitrogens is 1. The molecule has 0 aliphatic heterocycles. The lowest BCUT2D eigenvalue weighted by Crippen LogP contribution is -2.40. The Morgan fingerprint density at radius 2 is 0.568 bits per heavy atom. The summed E-state index contributed by atoms with van der Waals surface area (Å²) in [4.78, 5) is 37.8. The molecule has 0 saturated heterocycles. The lowest BCUT2D eigenvalue weighted by molar-refractivity contribution is -0.870. The molecule has 0 aliphatic rings. The van der Waals surface area contributed by atoms with Gasteiger partial charge in [-0.15, -0.1) is 0 Å². The fourth-order valence-corrected chi connectivity index (χ4v) is 13.2. The van der Waals surface area contributed by atoms with Crippen LogP contribution in [0.3, 0.4) is 0 Å². The summed E-state index contributed by atoms with van der Waals surface area (Å²) < 4.78 is 23.1. The van der Waals surface area contributed by atoms with Crippen LogP contribution in [0.2, 0.25) is 0 Å². The molecule has 0 spiro atoms. The fourth-order valence-electron chi connectivity index (χ4n) is 13.2. The molecule has 0 rings (SSSR count). The minimum Gasteiger partial charge on any atom is -0.477 e. The summed E-state index contributed by atoms with van der Waals surface area (Å²) in [5, 5.41) is 9.78. The van der Waals surface area contributed by atoms with Crippen molar-refractivity contribution in [3.63, 3.8) is 0 Å². The van der Waals surface area contributed by atoms with Crippen molar-refractivity contribution in [3.8, 4) is 0 Å². The molecule has 9 heteroatoms. The van der Waals surface area contributed by atoms with E-state index < -0.39 is 18.4 Å². The van der Waals surface area contributed by atoms with Gasteiger partial charge in [0.05, 0.1) is 34.4 Å². The van der Waals surface area contributed by atoms with Crippen LogP contribution >= 0.6 is 0 Å². The summed E-state index contributed by atoms with van der Waals surface area (Å²) >= 11 is 0. The monoisotopic (exact) mass is 1340 g/mol. The van der Waals surface area contributed by atoms with E-state index in [4.69, 9.17) is 18.9 Å². The second-order valence-corrected chi connectivity index (χ2v) is 30.5. The first kappa shape index (κ1) is 92.8. The molecule has 0 aliphatic carbocycles. The van der Waals surface area contributed by atoms with E-state index in [1.54, 1.807) is 0 Å². The Bertz CT molecular complexity index is 1610. The van der Waals surface area contributed by atoms with E-state index in [-0.39, 0.29) is 38.2 Å². The SMILES string of the molecule is CCCCCCC/C=C\C/C=C\CCCCCCCCCCCCCCCCCCCCCCCCCCCC(=O)OC(COC(=O)CCCCCCCCCCCCCCCCCCCCCCCCCCCCCCCCCCC)COC(OCC[N+](C)(C)C)C(=O)O. The van der Waals surface area contributed by atoms with Crippen LogP contribution in [0.5, 0.6) is 0 Å². The number of aliphatic carboxylic acids is 1. The largest absolute Gasteiger partial charge is 0.477 e. The summed E-state index contributed by atoms with van der Waals surface area (Å²) in [6.07, 6.45) is 96.5. The van der Waals surface area contributed by atoms with Crippen molar-refractivity contribution in [2.75, 3.05) is 47.5 Å². The van der Waals surface area contributed by atoms with Crippen LogP contribution in [0.25, 0.3) is 0 Å². The Morgan fingerprint density at radius 1 is 0.316 bits per heavy atom. The van der Waals surface area contributed by atoms with Crippen LogP contribution in [-0.2, 0) is 33.3 Å². The number of rotatable bonds is 81. The first-order valence-electron chi connectivity index (χ1n) is 42.5. The molecule has 0 bridgehead atoms. The Hall–Kier alpha value is -2.23. The minimum atomic E-state index is -1.51. The van der Waals surface area contributed by atoms with Gasteiger partial charge in [0.25, 0.3) is 6.29 Å². The molecule has 0 aromatic rings. The quantitative estimate of drug-likeness (QED) is 0.0211. The molecule has 0 saturated carbocycles. The third-order valence-corrected chi connectivity index (χ3v) is 19.7. The van der Waals surface area contributed by atoms with Crippen molar-refractivity contribution in [1.29, 1.82) is 0 Å². The third kappa shape index (κ3) is 79.0. The van der Waals surface area contributed by atoms with Gasteiger partial charge in [-0.05, 0) is 44.9 Å². The number of carboxylic acid groups (broad SMARTS) is 1. The highest BCUT2D eigenvalue weighted by molar-refractivity contribution is 5.71. The fraction of sp³-hybridized carbons (Fsp3) is 0.919. The zero-order valence-corrected chi connectivity index (χ0v) is 64.6. The number of hydrogen-bond acceptors (Lipinski definition) is 7. The van der Waals surface area contributed by atoms with Gasteiger partial charge in [-0.1, -0.05) is 417 Å². The number of likely N-dealkylation sites (N-methyl/N-ethyl adjacent to an activating group) is 1. The number of hydrogen-bond donors (Lipinski definition) is 1. The normalized spacial score (nSPS) is 12.6. The molecule has 95 heavy (non-hydrogen) atoms. The maximum Gasteiger partial charge on any atom is 0.361 e. The Morgan fingerprint density at radius 3 is 0.832 bits per heavy atom. The molecule has 0 aromatic heterocycles. The van der Waals surface area contributed by atoms with Crippen molar-refractivity contribution in [1.82, 2.24) is 0 Å². The van der Waals surface area contributed by atoms with E-state index in [0.717, 1.165) is 44.9 Å². The topological polar surface area (TPSA) is 108 Å². The van der Waals surface area contributed by atoms with Crippen LogP contribution in [-0.4, -0.2) is 87.4 Å². The van der Waals surface area contributed by atoms with E-state index in [9.17, 15) is 19.5 Å². The number of carboxylic acids is 1. The summed E-state index contributed by atoms with van der Waals surface area (Å²) in [5.41, 5.74) is 0. The van der Waals surface area contributed by atoms with Gasteiger partial charge in [0.15, 0.2) is 6.10 Å². The van der Waals surface area contributed by atoms with Crippen molar-refractivity contribution >= 4 is 17.9 Å². The van der Waals surface area contributed by atoms with Crippen LogP contribution in [0.15, 0.2) is 24.3 Å². The highest BCUT2D eigenvalue weighted by atomic mass is 16.7. The second kappa shape index (κ2) is 77.5. The number of esters is 2. The van der Waals surface area contributed by atoms with Crippen LogP contribution < -0.4 is 0 Å². The van der Waals surface area contributed by atoms with Gasteiger partial charge in [-0.3, -0.25) is 9.59 Å². The molecular formula is C86H166NO8+. The predicted octanol–water partition coefficient (Wildman–Crippen LogP) is 27.3. The summed E-state index contributed by atoms with van der Waals surface area (Å²) in [7, 11) is 6.01. The van der Waals surface area contributed by atoms with Crippen molar-refractivity contribution < 1.29 is 42.9 Å². The lowest BCUT2D eigenvalue weighted by Gasteiger charge is -2.25. The number of allylic oxidation sites excluding steroid dienone is 4. The van der Waals surface area contributed by atoms with E-state index in [1.807, 2.05) is 21.1 Å². The Kier molecular flexibility index (Phi) is 75.7. The lowest BCUT2D eigenvalue weighted by atomic mass is 10.0. The van der Waals surface area contributed by atoms with Crippen LogP contribution in [0, 0.1) is 0 Å². The van der Waals surface area contributed by atoms with Gasteiger partial charge in [0, 0.05) is 12.8 Å². The zero-order chi connectivity index (χ0) is 69.0. The number of nitrogens with zero attached hydrogens (tertiary/aromatic N) is 1. The first-order valence-corrected chi connectivity index (χ1v) is 42.5. The molecule has 0 amide bonds. The smallest absolute Gasteiger partial charge is 0.361 e. The molecule has 2 unspecified atom stereocenters. The van der Waals surface area contributed by atoms with Gasteiger partial charge in [0.1, 0.15) is 13.2 Å². The number of ether oxygens (including phenoxy) is 4. The van der Waals surface area contributed by atoms with Crippen LogP contribution in [0.1, 0.15) is 450 Å². The van der Waals surface area contributed by atoms with Crippen molar-refractivity contribution in [3.05, 3.63) is 24.3 Å². The van der Waals surface area contributed by atoms with E-state index >= 15 is 0 Å². The van der Waals surface area contributed by atoms with E-state index in [2.05, 4.69) is 38.2 Å². The number of unbranched alkanes of at least 4 members (excludes halogenated alkanes) is 62. The third-order valence-electron chi connectivity index (χ3n) is 19.7. The van der Waals surface area contributed by atoms with Crippen molar-refractivity contribution in [2.45, 2.75) is 463 Å². The average Bonchev–Trinajstić information content (AvgIpc) is 3.75. The van der Waals surface area contributed by atoms with Gasteiger partial charge in [-0.2, -0.15) is 0 Å². The summed E-state index contributed by atoms with van der Waals surface area (Å²) in [5.74, 6) is -1.96. The maximum absolute atomic E-state index is 13.0. The highest BCUT2D eigenvalue weighted by Gasteiger charge is 2.25. The van der Waals surface area contributed by atoms with Crippen molar-refractivity contribution in [2.24, 2.45) is 0 Å². The maximum atomic E-state index is 13.0. The summed E-state index contributed by atoms with van der Waals surface area (Å²) in [6, 6.07) is 0. The standard InChI is InChI=1S/C86H165NO8/c1-6-8-10-12-14-16-18-20-22-24-26-28-30-32-34-36-38-40-41-42-43-45-47-49-51-53-55-57-59-61-63-65-67-69-71-73-75-77-84(89)95-82(81-94-86(85(90)91)92-79-78-87(3,4)5)80-93-83(88)76-74-72-70-68-66-64-62-60-58-56-54-52-50-48-46-44-39-37-35-33-31-29-27-25-23-21-19-17-15-13-11-9-7-2/h18,20,24,26,82,86H,6-17,19,21-23,25,27-81H2,1-5H3/p+1/b20-18-,26-24-. The van der Waals surface area contributed by atoms with E-state index in [0.29, 0.717) is 17.4 Å². The molecule has 0 radical (unpaired) electrons. The Balaban J connectivity index is 3.92. The summed E-state index contributed by atoms with van der Waals surface area (Å²) in [6.45, 7) is 4.96. The van der Waals surface area contributed by atoms with Gasteiger partial charge >= 0.3 is 17.9 Å². The predicted molar refractivity (Wildman–Crippen MR) is 411 cm³/mol. The molecular weight excluding hydrogens is 1170 g/mol.